The van der Waals surface area contributed by atoms with Crippen LogP contribution in [0, 0.1) is 0 Å². The van der Waals surface area contributed by atoms with E-state index in [9.17, 15) is 5.11 Å². The van der Waals surface area contributed by atoms with Crippen LogP contribution in [-0.2, 0) is 0 Å². The number of nitrogens with zero attached hydrogens (tertiary/aromatic N) is 1. The maximum absolute atomic E-state index is 9.64. The van der Waals surface area contributed by atoms with E-state index in [0.717, 1.165) is 18.8 Å². The molecule has 0 amide bonds. The number of unbranched alkanes of at least 4 members (excludes halogenated alkanes) is 15. The van der Waals surface area contributed by atoms with E-state index in [4.69, 9.17) is 0 Å². The summed E-state index contributed by atoms with van der Waals surface area (Å²) in [6.07, 6.45) is 22.6. The highest BCUT2D eigenvalue weighted by molar-refractivity contribution is 5.50. The Morgan fingerprint density at radius 2 is 1.11 bits per heavy atom. The standard InChI is InChI=1S/C26H47NO/c1-3-5-6-7-8-9-10-11-12-13-14-15-16-17-18-19-23-27(4-2)25-21-20-22-26(28)24-25/h20-22,24,28H,3-19,23H2,1-2H3. The van der Waals surface area contributed by atoms with Gasteiger partial charge in [-0.1, -0.05) is 109 Å². The first kappa shape index (κ1) is 24.9. The van der Waals surface area contributed by atoms with Gasteiger partial charge in [-0.2, -0.15) is 0 Å². The average Bonchev–Trinajstić information content (AvgIpc) is 2.70. The summed E-state index contributed by atoms with van der Waals surface area (Å²) in [4.78, 5) is 2.36. The van der Waals surface area contributed by atoms with E-state index in [2.05, 4.69) is 24.8 Å². The molecule has 0 aromatic heterocycles. The molecule has 0 aliphatic heterocycles. The molecule has 1 N–H and O–H groups in total. The highest BCUT2D eigenvalue weighted by Crippen LogP contribution is 2.20. The van der Waals surface area contributed by atoms with Gasteiger partial charge in [-0.15, -0.1) is 0 Å². The SMILES string of the molecule is CCCCCCCCCCCCCCCCCCN(CC)c1cccc(O)c1. The highest BCUT2D eigenvalue weighted by Gasteiger charge is 2.04. The molecule has 0 aliphatic carbocycles. The second kappa shape index (κ2) is 17.9. The Labute approximate surface area is 175 Å². The van der Waals surface area contributed by atoms with Gasteiger partial charge in [0, 0.05) is 24.8 Å². The number of rotatable bonds is 19. The lowest BCUT2D eigenvalue weighted by molar-refractivity contribution is 0.475. The van der Waals surface area contributed by atoms with Crippen LogP contribution in [0.4, 0.5) is 5.69 Å². The maximum Gasteiger partial charge on any atom is 0.117 e. The molecule has 2 heteroatoms. The van der Waals surface area contributed by atoms with Gasteiger partial charge in [0.05, 0.1) is 0 Å². The third-order valence-corrected chi connectivity index (χ3v) is 5.86. The van der Waals surface area contributed by atoms with Gasteiger partial charge in [-0.05, 0) is 25.5 Å². The van der Waals surface area contributed by atoms with Crippen LogP contribution in [-0.4, -0.2) is 18.2 Å². The first-order valence-electron chi connectivity index (χ1n) is 12.3. The van der Waals surface area contributed by atoms with Gasteiger partial charge in [-0.25, -0.2) is 0 Å². The molecule has 162 valence electrons. The zero-order valence-electron chi connectivity index (χ0n) is 18.9. The molecule has 28 heavy (non-hydrogen) atoms. The predicted molar refractivity (Wildman–Crippen MR) is 126 cm³/mol. The molecule has 1 aromatic rings. The van der Waals surface area contributed by atoms with E-state index in [-0.39, 0.29) is 0 Å². The van der Waals surface area contributed by atoms with Crippen molar-refractivity contribution in [1.29, 1.82) is 0 Å². The van der Waals surface area contributed by atoms with Crippen molar-refractivity contribution in [3.05, 3.63) is 24.3 Å². The Balaban J connectivity index is 1.86. The molecule has 0 unspecified atom stereocenters. The third-order valence-electron chi connectivity index (χ3n) is 5.86. The Kier molecular flexibility index (Phi) is 15.9. The average molecular weight is 390 g/mol. The lowest BCUT2D eigenvalue weighted by Crippen LogP contribution is -2.23. The molecule has 1 aromatic carbocycles. The number of hydrogen-bond acceptors (Lipinski definition) is 2. The molecular formula is C26H47NO. The second-order valence-corrected chi connectivity index (χ2v) is 8.40. The van der Waals surface area contributed by atoms with Crippen LogP contribution in [0.25, 0.3) is 0 Å². The van der Waals surface area contributed by atoms with Gasteiger partial charge in [-0.3, -0.25) is 0 Å². The van der Waals surface area contributed by atoms with Crippen molar-refractivity contribution >= 4 is 5.69 Å². The Morgan fingerprint density at radius 3 is 1.54 bits per heavy atom. The fourth-order valence-electron chi connectivity index (χ4n) is 4.01. The van der Waals surface area contributed by atoms with E-state index in [1.54, 1.807) is 6.07 Å². The normalized spacial score (nSPS) is 11.1. The largest absolute Gasteiger partial charge is 0.508 e. The molecule has 0 heterocycles. The summed E-state index contributed by atoms with van der Waals surface area (Å²) in [5.41, 5.74) is 1.14. The quantitative estimate of drug-likeness (QED) is 0.240. The Hall–Kier alpha value is -1.18. The van der Waals surface area contributed by atoms with Gasteiger partial charge in [0.25, 0.3) is 0 Å². The maximum atomic E-state index is 9.64. The minimum atomic E-state index is 0.364. The lowest BCUT2D eigenvalue weighted by Gasteiger charge is -2.23. The first-order valence-corrected chi connectivity index (χ1v) is 12.3. The van der Waals surface area contributed by atoms with Gasteiger partial charge in [0.2, 0.25) is 0 Å². The number of benzene rings is 1. The minimum Gasteiger partial charge on any atom is -0.508 e. The molecule has 0 bridgehead atoms. The molecule has 0 fully saturated rings. The molecule has 0 radical (unpaired) electrons. The number of phenols is 1. The van der Waals surface area contributed by atoms with Crippen molar-refractivity contribution in [1.82, 2.24) is 0 Å². The number of hydrogen-bond donors (Lipinski definition) is 1. The van der Waals surface area contributed by atoms with Crippen molar-refractivity contribution < 1.29 is 5.11 Å². The van der Waals surface area contributed by atoms with Gasteiger partial charge in [0.1, 0.15) is 5.75 Å². The van der Waals surface area contributed by atoms with E-state index < -0.39 is 0 Å². The van der Waals surface area contributed by atoms with Crippen molar-refractivity contribution in [2.75, 3.05) is 18.0 Å². The van der Waals surface area contributed by atoms with Crippen LogP contribution in [0.1, 0.15) is 117 Å². The molecular weight excluding hydrogens is 342 g/mol. The zero-order valence-corrected chi connectivity index (χ0v) is 18.9. The summed E-state index contributed by atoms with van der Waals surface area (Å²) < 4.78 is 0. The monoisotopic (exact) mass is 389 g/mol. The van der Waals surface area contributed by atoms with Gasteiger partial charge < -0.3 is 10.0 Å². The van der Waals surface area contributed by atoms with Crippen LogP contribution < -0.4 is 4.90 Å². The van der Waals surface area contributed by atoms with Crippen LogP contribution in [0.5, 0.6) is 5.75 Å². The van der Waals surface area contributed by atoms with Crippen molar-refractivity contribution in [2.45, 2.75) is 117 Å². The molecule has 0 saturated heterocycles. The molecule has 0 spiro atoms. The lowest BCUT2D eigenvalue weighted by atomic mass is 10.0. The van der Waals surface area contributed by atoms with Crippen LogP contribution in [0.15, 0.2) is 24.3 Å². The topological polar surface area (TPSA) is 23.5 Å². The fraction of sp³-hybridized carbons (Fsp3) is 0.769. The highest BCUT2D eigenvalue weighted by atomic mass is 16.3. The molecule has 1 rings (SSSR count). The predicted octanol–water partition coefficient (Wildman–Crippen LogP) is 8.48. The van der Waals surface area contributed by atoms with Gasteiger partial charge >= 0.3 is 0 Å². The summed E-state index contributed by atoms with van der Waals surface area (Å²) >= 11 is 0. The fourth-order valence-corrected chi connectivity index (χ4v) is 4.01. The van der Waals surface area contributed by atoms with Crippen LogP contribution >= 0.6 is 0 Å². The molecule has 0 saturated carbocycles. The minimum absolute atomic E-state index is 0.364. The smallest absolute Gasteiger partial charge is 0.117 e. The zero-order chi connectivity index (χ0) is 20.3. The summed E-state index contributed by atoms with van der Waals surface area (Å²) in [6, 6.07) is 7.64. The van der Waals surface area contributed by atoms with Crippen molar-refractivity contribution in [3.63, 3.8) is 0 Å². The first-order chi connectivity index (χ1) is 13.8. The summed E-state index contributed by atoms with van der Waals surface area (Å²) in [5, 5.41) is 9.64. The second-order valence-electron chi connectivity index (χ2n) is 8.40. The number of aromatic hydroxyl groups is 1. The van der Waals surface area contributed by atoms with Crippen molar-refractivity contribution in [2.24, 2.45) is 0 Å². The van der Waals surface area contributed by atoms with E-state index in [1.165, 1.54) is 103 Å². The van der Waals surface area contributed by atoms with Gasteiger partial charge in [0.15, 0.2) is 0 Å². The van der Waals surface area contributed by atoms with Crippen molar-refractivity contribution in [3.8, 4) is 5.75 Å². The summed E-state index contributed by atoms with van der Waals surface area (Å²) in [7, 11) is 0. The Bertz CT molecular complexity index is 460. The summed E-state index contributed by atoms with van der Waals surface area (Å²) in [5.74, 6) is 0.364. The molecule has 2 nitrogen and oxygen atoms in total. The summed E-state index contributed by atoms with van der Waals surface area (Å²) in [6.45, 7) is 6.58. The van der Waals surface area contributed by atoms with E-state index in [0.29, 0.717) is 5.75 Å². The molecule has 0 aliphatic rings. The Morgan fingerprint density at radius 1 is 0.643 bits per heavy atom. The van der Waals surface area contributed by atoms with E-state index >= 15 is 0 Å². The van der Waals surface area contributed by atoms with Crippen LogP contribution in [0.2, 0.25) is 0 Å². The number of anilines is 1. The number of phenolic OH excluding ortho intramolecular Hbond substituents is 1. The van der Waals surface area contributed by atoms with E-state index in [1.807, 2.05) is 12.1 Å². The molecule has 0 atom stereocenters. The third kappa shape index (κ3) is 13.1. The van der Waals surface area contributed by atoms with Crippen LogP contribution in [0.3, 0.4) is 0 Å².